The van der Waals surface area contributed by atoms with Crippen LogP contribution in [0.3, 0.4) is 0 Å². The number of nitrogens with zero attached hydrogens (tertiary/aromatic N) is 2. The molecule has 0 fully saturated rings. The van der Waals surface area contributed by atoms with Crippen molar-refractivity contribution in [1.29, 1.82) is 0 Å². The standard InChI is InChI=1S/C23H20N4O3S2/c1-27-21(29)17-12-18(16-10-6-3-7-11-16)32-20(17)26-23(27)31-14-19(28)25-22(30)24-13-15-8-4-2-5-9-15/h2-12H,13-14H2,1H3,(H2,24,25,28,30). The van der Waals surface area contributed by atoms with E-state index in [1.807, 2.05) is 66.7 Å². The van der Waals surface area contributed by atoms with E-state index < -0.39 is 11.9 Å². The lowest BCUT2D eigenvalue weighted by atomic mass is 10.2. The summed E-state index contributed by atoms with van der Waals surface area (Å²) in [6.07, 6.45) is 0. The van der Waals surface area contributed by atoms with Gasteiger partial charge in [0.15, 0.2) is 5.16 Å². The first-order valence-corrected chi connectivity index (χ1v) is 11.6. The van der Waals surface area contributed by atoms with Crippen LogP contribution in [0.25, 0.3) is 20.7 Å². The summed E-state index contributed by atoms with van der Waals surface area (Å²) in [6.45, 7) is 0.321. The number of hydrogen-bond donors (Lipinski definition) is 2. The van der Waals surface area contributed by atoms with E-state index in [1.54, 1.807) is 7.05 Å². The maximum absolute atomic E-state index is 12.8. The molecule has 0 unspecified atom stereocenters. The largest absolute Gasteiger partial charge is 0.334 e. The van der Waals surface area contributed by atoms with Gasteiger partial charge in [0.1, 0.15) is 4.83 Å². The van der Waals surface area contributed by atoms with Gasteiger partial charge in [-0.25, -0.2) is 9.78 Å². The number of nitrogens with one attached hydrogen (secondary N) is 2. The number of carbonyl (C=O) groups excluding carboxylic acids is 2. The molecule has 0 saturated carbocycles. The van der Waals surface area contributed by atoms with Crippen molar-refractivity contribution < 1.29 is 9.59 Å². The molecule has 3 amide bonds. The number of thiophene rings is 1. The molecular formula is C23H20N4O3S2. The van der Waals surface area contributed by atoms with Crippen molar-refractivity contribution in [1.82, 2.24) is 20.2 Å². The number of urea groups is 1. The lowest BCUT2D eigenvalue weighted by Gasteiger charge is -2.08. The second-order valence-electron chi connectivity index (χ2n) is 6.96. The molecule has 32 heavy (non-hydrogen) atoms. The number of imide groups is 1. The molecule has 0 bridgehead atoms. The minimum Gasteiger partial charge on any atom is -0.334 e. The van der Waals surface area contributed by atoms with E-state index in [2.05, 4.69) is 15.6 Å². The van der Waals surface area contributed by atoms with Gasteiger partial charge >= 0.3 is 6.03 Å². The molecule has 4 aromatic rings. The molecule has 9 heteroatoms. The summed E-state index contributed by atoms with van der Waals surface area (Å²) in [4.78, 5) is 43.1. The first-order chi connectivity index (χ1) is 15.5. The maximum Gasteiger partial charge on any atom is 0.321 e. The Hall–Kier alpha value is -3.43. The fraction of sp³-hybridized carbons (Fsp3) is 0.130. The number of fused-ring (bicyclic) bond motifs is 1. The van der Waals surface area contributed by atoms with Crippen LogP contribution in [0.1, 0.15) is 5.56 Å². The normalized spacial score (nSPS) is 10.8. The SMILES string of the molecule is Cn1c(SCC(=O)NC(=O)NCc2ccccc2)nc2sc(-c3ccccc3)cc2c1=O. The highest BCUT2D eigenvalue weighted by molar-refractivity contribution is 7.99. The second-order valence-corrected chi connectivity index (χ2v) is 8.93. The quantitative estimate of drug-likeness (QED) is 0.335. The predicted molar refractivity (Wildman–Crippen MR) is 128 cm³/mol. The zero-order chi connectivity index (χ0) is 22.5. The minimum absolute atomic E-state index is 0.0402. The van der Waals surface area contributed by atoms with Crippen LogP contribution in [0.5, 0.6) is 0 Å². The van der Waals surface area contributed by atoms with Gasteiger partial charge in [-0.15, -0.1) is 11.3 Å². The van der Waals surface area contributed by atoms with Crippen molar-refractivity contribution in [2.75, 3.05) is 5.75 Å². The Morgan fingerprint density at radius 1 is 1.06 bits per heavy atom. The third-order valence-corrected chi connectivity index (χ3v) is 6.78. The van der Waals surface area contributed by atoms with Gasteiger partial charge in [-0.3, -0.25) is 19.5 Å². The van der Waals surface area contributed by atoms with E-state index in [9.17, 15) is 14.4 Å². The van der Waals surface area contributed by atoms with Gasteiger partial charge < -0.3 is 5.32 Å². The van der Waals surface area contributed by atoms with Crippen LogP contribution in [0.15, 0.2) is 76.7 Å². The number of aromatic nitrogens is 2. The maximum atomic E-state index is 12.8. The number of amides is 3. The van der Waals surface area contributed by atoms with Crippen molar-refractivity contribution in [3.05, 3.63) is 82.6 Å². The van der Waals surface area contributed by atoms with Gasteiger partial charge in [0, 0.05) is 18.5 Å². The number of benzene rings is 2. The lowest BCUT2D eigenvalue weighted by molar-refractivity contribution is -0.117. The van der Waals surface area contributed by atoms with Gasteiger partial charge in [-0.2, -0.15) is 0 Å². The fourth-order valence-corrected chi connectivity index (χ4v) is 4.89. The summed E-state index contributed by atoms with van der Waals surface area (Å²) < 4.78 is 1.43. The Labute approximate surface area is 192 Å². The van der Waals surface area contributed by atoms with Crippen LogP contribution in [-0.4, -0.2) is 27.2 Å². The molecule has 2 aromatic carbocycles. The van der Waals surface area contributed by atoms with Crippen molar-refractivity contribution in [2.24, 2.45) is 7.05 Å². The molecule has 2 N–H and O–H groups in total. The van der Waals surface area contributed by atoms with Crippen molar-refractivity contribution in [2.45, 2.75) is 11.7 Å². The van der Waals surface area contributed by atoms with Gasteiger partial charge in [-0.1, -0.05) is 72.4 Å². The predicted octanol–water partition coefficient (Wildman–Crippen LogP) is 3.78. The number of rotatable bonds is 6. The van der Waals surface area contributed by atoms with Crippen LogP contribution in [-0.2, 0) is 18.4 Å². The number of thioether (sulfide) groups is 1. The molecule has 2 heterocycles. The Morgan fingerprint density at radius 3 is 2.47 bits per heavy atom. The minimum atomic E-state index is -0.567. The molecule has 7 nitrogen and oxygen atoms in total. The van der Waals surface area contributed by atoms with E-state index in [4.69, 9.17) is 0 Å². The highest BCUT2D eigenvalue weighted by atomic mass is 32.2. The van der Waals surface area contributed by atoms with Gasteiger partial charge in [0.2, 0.25) is 5.91 Å². The van der Waals surface area contributed by atoms with Crippen molar-refractivity contribution >= 4 is 45.3 Å². The topological polar surface area (TPSA) is 93.1 Å². The third kappa shape index (κ3) is 5.06. The smallest absolute Gasteiger partial charge is 0.321 e. The monoisotopic (exact) mass is 464 g/mol. The van der Waals surface area contributed by atoms with Gasteiger partial charge in [0.25, 0.3) is 5.56 Å². The summed E-state index contributed by atoms with van der Waals surface area (Å²) >= 11 is 2.55. The molecule has 162 valence electrons. The highest BCUT2D eigenvalue weighted by Crippen LogP contribution is 2.31. The summed E-state index contributed by atoms with van der Waals surface area (Å²) in [5.41, 5.74) is 1.78. The van der Waals surface area contributed by atoms with E-state index in [-0.39, 0.29) is 11.3 Å². The molecule has 4 rings (SSSR count). The molecule has 0 aliphatic carbocycles. The Balaban J connectivity index is 1.40. The van der Waals surface area contributed by atoms with Gasteiger partial charge in [-0.05, 0) is 17.2 Å². The van der Waals surface area contributed by atoms with Crippen LogP contribution in [0.4, 0.5) is 4.79 Å². The van der Waals surface area contributed by atoms with E-state index in [0.29, 0.717) is 21.9 Å². The first kappa shape index (κ1) is 21.8. The van der Waals surface area contributed by atoms with E-state index in [1.165, 1.54) is 15.9 Å². The van der Waals surface area contributed by atoms with Crippen LogP contribution in [0.2, 0.25) is 0 Å². The zero-order valence-electron chi connectivity index (χ0n) is 17.2. The average molecular weight is 465 g/mol. The summed E-state index contributed by atoms with van der Waals surface area (Å²) in [7, 11) is 1.63. The molecule has 0 atom stereocenters. The lowest BCUT2D eigenvalue weighted by Crippen LogP contribution is -2.40. The highest BCUT2D eigenvalue weighted by Gasteiger charge is 2.15. The van der Waals surface area contributed by atoms with Crippen LogP contribution < -0.4 is 16.2 Å². The molecule has 0 aliphatic heterocycles. The molecule has 0 aliphatic rings. The summed E-state index contributed by atoms with van der Waals surface area (Å²) in [6, 6.07) is 20.5. The number of hydrogen-bond acceptors (Lipinski definition) is 6. The number of carbonyl (C=O) groups is 2. The second kappa shape index (κ2) is 9.80. The molecule has 2 aromatic heterocycles. The van der Waals surface area contributed by atoms with Crippen molar-refractivity contribution in [3.8, 4) is 10.4 Å². The van der Waals surface area contributed by atoms with Crippen LogP contribution in [0, 0.1) is 0 Å². The average Bonchev–Trinajstić information content (AvgIpc) is 3.25. The third-order valence-electron chi connectivity index (χ3n) is 4.67. The van der Waals surface area contributed by atoms with Crippen molar-refractivity contribution in [3.63, 3.8) is 0 Å². The summed E-state index contributed by atoms with van der Waals surface area (Å²) in [5.74, 6) is -0.507. The first-order valence-electron chi connectivity index (χ1n) is 9.81. The molecule has 0 spiro atoms. The summed E-state index contributed by atoms with van der Waals surface area (Å²) in [5, 5.41) is 5.90. The molecule has 0 saturated heterocycles. The Bertz CT molecular complexity index is 1320. The zero-order valence-corrected chi connectivity index (χ0v) is 18.8. The Kier molecular flexibility index (Phi) is 6.67. The molecular weight excluding hydrogens is 444 g/mol. The fourth-order valence-electron chi connectivity index (χ4n) is 3.04. The van der Waals surface area contributed by atoms with Gasteiger partial charge in [0.05, 0.1) is 11.1 Å². The van der Waals surface area contributed by atoms with E-state index in [0.717, 1.165) is 27.8 Å². The molecule has 0 radical (unpaired) electrons. The van der Waals surface area contributed by atoms with Crippen LogP contribution >= 0.6 is 23.1 Å². The Morgan fingerprint density at radius 2 is 1.75 bits per heavy atom. The van der Waals surface area contributed by atoms with E-state index >= 15 is 0 Å².